The summed E-state index contributed by atoms with van der Waals surface area (Å²) in [5.41, 5.74) is 2.53. The van der Waals surface area contributed by atoms with E-state index in [-0.39, 0.29) is 32.2 Å². The van der Waals surface area contributed by atoms with Crippen LogP contribution in [-0.4, -0.2) is 83.3 Å². The summed E-state index contributed by atoms with van der Waals surface area (Å²) in [7, 11) is 0. The number of hydrogen-bond acceptors (Lipinski definition) is 12. The normalized spacial score (nSPS) is 21.4. The van der Waals surface area contributed by atoms with Gasteiger partial charge in [0.15, 0.2) is 17.8 Å². The Morgan fingerprint density at radius 2 is 1.93 bits per heavy atom. The molecule has 1 aromatic heterocycles. The van der Waals surface area contributed by atoms with Gasteiger partial charge in [-0.25, -0.2) is 4.79 Å². The van der Waals surface area contributed by atoms with E-state index in [9.17, 15) is 9.90 Å². The first-order valence-corrected chi connectivity index (χ1v) is 16.6. The number of nitrogens with one attached hydrogen (secondary N) is 1. The smallest absolute Gasteiger partial charge is 0.407 e. The molecule has 0 bridgehead atoms. The van der Waals surface area contributed by atoms with Crippen molar-refractivity contribution < 1.29 is 38.3 Å². The lowest BCUT2D eigenvalue weighted by Gasteiger charge is -2.31. The zero-order chi connectivity index (χ0) is 32.0. The Labute approximate surface area is 277 Å². The Bertz CT molecular complexity index is 1460. The summed E-state index contributed by atoms with van der Waals surface area (Å²) >= 11 is 7.20. The van der Waals surface area contributed by atoms with Crippen LogP contribution < -0.4 is 19.5 Å². The van der Waals surface area contributed by atoms with Crippen molar-refractivity contribution in [2.75, 3.05) is 33.1 Å². The molecule has 2 fully saturated rings. The van der Waals surface area contributed by atoms with E-state index in [0.29, 0.717) is 47.8 Å². The minimum absolute atomic E-state index is 0.0137. The number of benzene rings is 2. The molecule has 0 radical (unpaired) electrons. The highest BCUT2D eigenvalue weighted by molar-refractivity contribution is 7.10. The topological polar surface area (TPSA) is 134 Å². The van der Waals surface area contributed by atoms with E-state index in [0.717, 1.165) is 47.1 Å². The number of hydrogen-bond donors (Lipinski definition) is 2. The molecule has 3 aromatic rings. The Morgan fingerprint density at radius 1 is 1.13 bits per heavy atom. The molecule has 6 rings (SSSR count). The number of rotatable bonds is 14. The molecule has 5 atom stereocenters. The number of ether oxygens (including phenoxy) is 6. The fraction of sp³-hybridized carbons (Fsp3) is 0.531. The second kappa shape index (κ2) is 15.1. The summed E-state index contributed by atoms with van der Waals surface area (Å²) in [5.74, 6) is 2.45. The first kappa shape index (κ1) is 32.7. The minimum Gasteiger partial charge on any atom is -0.487 e. The zero-order valence-electron chi connectivity index (χ0n) is 25.8. The Balaban J connectivity index is 1.13. The fourth-order valence-electron chi connectivity index (χ4n) is 5.97. The number of alkyl carbamates (subject to hydrolysis) is 1. The summed E-state index contributed by atoms with van der Waals surface area (Å²) in [5, 5.41) is 18.6. The molecule has 12 nitrogen and oxygen atoms in total. The standard InChI is InChI=1S/C32H39ClN4O8S/c1-19(2)13-37(14-21-5-8-27-28(12-21)44-18-43-27)15-26(38)24(34-32(39)45-29-17-42-31-23(29)9-10-40-31)11-20-3-6-22(7-4-20)41-16-25-30(33)46-36-35-25/h3-8,12,19,23-24,26,29,31,38H,9-11,13-18H2,1-2H3,(H,34,39). The van der Waals surface area contributed by atoms with E-state index < -0.39 is 24.3 Å². The molecular formula is C32H39ClN4O8S. The van der Waals surface area contributed by atoms with Gasteiger partial charge in [0.05, 0.1) is 31.3 Å². The van der Waals surface area contributed by atoms with E-state index in [4.69, 9.17) is 40.0 Å². The van der Waals surface area contributed by atoms with E-state index in [2.05, 4.69) is 33.7 Å². The van der Waals surface area contributed by atoms with Gasteiger partial charge >= 0.3 is 6.09 Å². The highest BCUT2D eigenvalue weighted by atomic mass is 35.5. The van der Waals surface area contributed by atoms with Gasteiger partial charge < -0.3 is 38.8 Å². The van der Waals surface area contributed by atoms with Crippen molar-refractivity contribution in [1.29, 1.82) is 0 Å². The second-order valence-corrected chi connectivity index (χ2v) is 13.5. The monoisotopic (exact) mass is 674 g/mol. The predicted octanol–water partition coefficient (Wildman–Crippen LogP) is 4.42. The van der Waals surface area contributed by atoms with Crippen LogP contribution in [0.25, 0.3) is 0 Å². The highest BCUT2D eigenvalue weighted by Gasteiger charge is 2.44. The number of aromatic nitrogens is 2. The molecule has 2 saturated heterocycles. The molecule has 0 spiro atoms. The average Bonchev–Trinajstić information content (AvgIpc) is 3.83. The van der Waals surface area contributed by atoms with Crippen LogP contribution in [0, 0.1) is 11.8 Å². The van der Waals surface area contributed by atoms with Gasteiger partial charge in [0.2, 0.25) is 6.79 Å². The van der Waals surface area contributed by atoms with E-state index in [1.54, 1.807) is 0 Å². The van der Waals surface area contributed by atoms with Crippen LogP contribution in [0.5, 0.6) is 17.2 Å². The number of amides is 1. The van der Waals surface area contributed by atoms with Gasteiger partial charge in [0.25, 0.3) is 0 Å². The van der Waals surface area contributed by atoms with Crippen molar-refractivity contribution in [2.45, 2.75) is 64.4 Å². The molecular weight excluding hydrogens is 636 g/mol. The summed E-state index contributed by atoms with van der Waals surface area (Å²) < 4.78 is 38.2. The SMILES string of the molecule is CC(C)CN(Cc1ccc2c(c1)OCO2)CC(O)C(Cc1ccc(OCc2nnsc2Cl)cc1)NC(=O)OC1COC2OCCC12. The molecule has 3 aliphatic rings. The van der Waals surface area contributed by atoms with Crippen LogP contribution in [0.15, 0.2) is 42.5 Å². The number of fused-ring (bicyclic) bond motifs is 2. The van der Waals surface area contributed by atoms with Crippen molar-refractivity contribution >= 4 is 29.2 Å². The average molecular weight is 675 g/mol. The number of aliphatic hydroxyl groups excluding tert-OH is 1. The molecule has 2 N–H and O–H groups in total. The fourth-order valence-corrected chi connectivity index (χ4v) is 6.57. The van der Waals surface area contributed by atoms with E-state index in [1.165, 1.54) is 0 Å². The molecule has 0 aliphatic carbocycles. The molecule has 4 heterocycles. The van der Waals surface area contributed by atoms with Gasteiger partial charge in [0, 0.05) is 31.2 Å². The van der Waals surface area contributed by atoms with Crippen LogP contribution in [0.4, 0.5) is 4.79 Å². The molecule has 14 heteroatoms. The predicted molar refractivity (Wildman–Crippen MR) is 169 cm³/mol. The highest BCUT2D eigenvalue weighted by Crippen LogP contribution is 2.34. The third-order valence-electron chi connectivity index (χ3n) is 8.19. The minimum atomic E-state index is -0.905. The maximum Gasteiger partial charge on any atom is 0.407 e. The van der Waals surface area contributed by atoms with E-state index >= 15 is 0 Å². The lowest BCUT2D eigenvalue weighted by Crippen LogP contribution is -2.50. The van der Waals surface area contributed by atoms with Crippen LogP contribution >= 0.6 is 23.1 Å². The number of nitrogens with zero attached hydrogens (tertiary/aromatic N) is 3. The number of carbonyl (C=O) groups is 1. The van der Waals surface area contributed by atoms with Gasteiger partial charge in [-0.3, -0.25) is 4.90 Å². The van der Waals surface area contributed by atoms with Crippen LogP contribution in [0.1, 0.15) is 37.1 Å². The Morgan fingerprint density at radius 3 is 2.72 bits per heavy atom. The van der Waals surface area contributed by atoms with Crippen LogP contribution in [-0.2, 0) is 33.8 Å². The summed E-state index contributed by atoms with van der Waals surface area (Å²) in [6.45, 7) is 7.23. The molecule has 3 aliphatic heterocycles. The summed E-state index contributed by atoms with van der Waals surface area (Å²) in [6.07, 6.45) is -1.08. The maximum absolute atomic E-state index is 13.2. The molecule has 1 amide bonds. The molecule has 2 aromatic carbocycles. The summed E-state index contributed by atoms with van der Waals surface area (Å²) in [6, 6.07) is 12.7. The second-order valence-electron chi connectivity index (χ2n) is 12.2. The van der Waals surface area contributed by atoms with Crippen molar-refractivity contribution in [3.8, 4) is 17.2 Å². The van der Waals surface area contributed by atoms with Gasteiger partial charge in [0.1, 0.15) is 28.5 Å². The lowest BCUT2D eigenvalue weighted by atomic mass is 10.00. The quantitative estimate of drug-likeness (QED) is 0.252. The Hall–Kier alpha value is -3.20. The van der Waals surface area contributed by atoms with Crippen molar-refractivity contribution in [3.63, 3.8) is 0 Å². The molecule has 0 saturated carbocycles. The molecule has 248 valence electrons. The number of carbonyl (C=O) groups excluding carboxylic acids is 1. The lowest BCUT2D eigenvalue weighted by molar-refractivity contribution is -0.0907. The van der Waals surface area contributed by atoms with Crippen molar-refractivity contribution in [3.05, 3.63) is 63.6 Å². The molecule has 5 unspecified atom stereocenters. The third kappa shape index (κ3) is 8.38. The van der Waals surface area contributed by atoms with Gasteiger partial charge in [-0.2, -0.15) is 0 Å². The Kier molecular flexibility index (Phi) is 10.8. The molecule has 46 heavy (non-hydrogen) atoms. The first-order chi connectivity index (χ1) is 22.3. The van der Waals surface area contributed by atoms with Crippen molar-refractivity contribution in [2.24, 2.45) is 11.8 Å². The first-order valence-electron chi connectivity index (χ1n) is 15.5. The maximum atomic E-state index is 13.2. The third-order valence-corrected chi connectivity index (χ3v) is 9.17. The summed E-state index contributed by atoms with van der Waals surface area (Å²) in [4.78, 5) is 15.4. The largest absolute Gasteiger partial charge is 0.487 e. The van der Waals surface area contributed by atoms with Crippen molar-refractivity contribution in [1.82, 2.24) is 19.8 Å². The number of aliphatic hydroxyl groups is 1. The van der Waals surface area contributed by atoms with Gasteiger partial charge in [-0.1, -0.05) is 48.1 Å². The zero-order valence-corrected chi connectivity index (χ0v) is 27.4. The van der Waals surface area contributed by atoms with Gasteiger partial charge in [-0.15, -0.1) is 5.10 Å². The van der Waals surface area contributed by atoms with Crippen LogP contribution in [0.3, 0.4) is 0 Å². The van der Waals surface area contributed by atoms with Crippen LogP contribution in [0.2, 0.25) is 4.34 Å². The number of halogens is 1. The van der Waals surface area contributed by atoms with E-state index in [1.807, 2.05) is 42.5 Å². The van der Waals surface area contributed by atoms with Gasteiger partial charge in [-0.05, 0) is 54.2 Å².